The van der Waals surface area contributed by atoms with Crippen molar-refractivity contribution in [3.8, 4) is 0 Å². The summed E-state index contributed by atoms with van der Waals surface area (Å²) in [5.74, 6) is 0.370. The summed E-state index contributed by atoms with van der Waals surface area (Å²) in [6, 6.07) is 15.3. The summed E-state index contributed by atoms with van der Waals surface area (Å²) in [6.45, 7) is 3.75. The minimum absolute atomic E-state index is 0.370. The Labute approximate surface area is 117 Å². The molecular weight excluding hydrogens is 250 g/mol. The van der Waals surface area contributed by atoms with E-state index in [0.29, 0.717) is 11.5 Å². The van der Waals surface area contributed by atoms with Gasteiger partial charge in [-0.2, -0.15) is 0 Å². The van der Waals surface area contributed by atoms with Crippen LogP contribution in [0.4, 0.5) is 0 Å². The number of nitrogens with zero attached hydrogens (tertiary/aromatic N) is 3. The molecule has 1 aliphatic rings. The Bertz CT molecular complexity index is 688. The van der Waals surface area contributed by atoms with E-state index in [1.165, 1.54) is 0 Å². The fourth-order valence-electron chi connectivity index (χ4n) is 2.32. The number of aliphatic imine (C=N–C) groups is 1. The van der Waals surface area contributed by atoms with Gasteiger partial charge in [0.05, 0.1) is 0 Å². The van der Waals surface area contributed by atoms with Crippen molar-refractivity contribution >= 4 is 11.5 Å². The molecule has 0 radical (unpaired) electrons. The second-order valence-corrected chi connectivity index (χ2v) is 5.22. The fraction of sp³-hybridized carbons (Fsp3) is 0.188. The summed E-state index contributed by atoms with van der Waals surface area (Å²) in [7, 11) is 0. The second-order valence-electron chi connectivity index (χ2n) is 5.22. The van der Waals surface area contributed by atoms with Gasteiger partial charge in [0.1, 0.15) is 0 Å². The lowest BCUT2D eigenvalue weighted by Crippen LogP contribution is -2.39. The molecule has 2 heterocycles. The van der Waals surface area contributed by atoms with Gasteiger partial charge >= 0.3 is 5.84 Å². The van der Waals surface area contributed by atoms with E-state index in [1.807, 2.05) is 56.3 Å². The molecule has 20 heavy (non-hydrogen) atoms. The topological polar surface area (TPSA) is 51.3 Å². The lowest BCUT2D eigenvalue weighted by Gasteiger charge is -2.23. The average molecular weight is 265 g/mol. The first-order chi connectivity index (χ1) is 9.60. The Balaban J connectivity index is 2.12. The average Bonchev–Trinajstić information content (AvgIpc) is 2.72. The summed E-state index contributed by atoms with van der Waals surface area (Å²) in [4.78, 5) is 8.77. The van der Waals surface area contributed by atoms with Crippen molar-refractivity contribution in [2.24, 2.45) is 4.99 Å². The highest BCUT2D eigenvalue weighted by atomic mass is 16.5. The Hall–Kier alpha value is -2.49. The van der Waals surface area contributed by atoms with Gasteiger partial charge in [-0.3, -0.25) is 0 Å². The smallest absolute Gasteiger partial charge is 0.348 e. The molecule has 1 aromatic heterocycles. The second kappa shape index (κ2) is 4.56. The van der Waals surface area contributed by atoms with Crippen molar-refractivity contribution in [2.75, 3.05) is 0 Å². The minimum Gasteiger partial charge on any atom is -0.714 e. The number of amidine groups is 1. The van der Waals surface area contributed by atoms with Gasteiger partial charge in [0.15, 0.2) is 11.2 Å². The molecule has 0 aliphatic carbocycles. The molecule has 0 saturated carbocycles. The van der Waals surface area contributed by atoms with Crippen LogP contribution in [-0.4, -0.2) is 26.8 Å². The van der Waals surface area contributed by atoms with E-state index in [-0.39, 0.29) is 0 Å². The third-order valence-electron chi connectivity index (χ3n) is 3.44. The van der Waals surface area contributed by atoms with Crippen LogP contribution in [0.3, 0.4) is 0 Å². The number of benzene rings is 1. The Morgan fingerprint density at radius 1 is 1.00 bits per heavy atom. The van der Waals surface area contributed by atoms with Crippen molar-refractivity contribution in [3.63, 3.8) is 0 Å². The van der Waals surface area contributed by atoms with Crippen molar-refractivity contribution in [1.82, 2.24) is 4.98 Å². The molecular formula is C16H15N3O. The quantitative estimate of drug-likeness (QED) is 0.619. The molecule has 2 aromatic rings. The lowest BCUT2D eigenvalue weighted by molar-refractivity contribution is -0.513. The molecule has 1 aromatic carbocycles. The Morgan fingerprint density at radius 3 is 2.35 bits per heavy atom. The third-order valence-corrected chi connectivity index (χ3v) is 3.44. The van der Waals surface area contributed by atoms with Gasteiger partial charge in [-0.05, 0) is 31.0 Å². The zero-order chi connectivity index (χ0) is 14.2. The van der Waals surface area contributed by atoms with Gasteiger partial charge in [-0.15, -0.1) is 0 Å². The van der Waals surface area contributed by atoms with Crippen LogP contribution in [0.1, 0.15) is 25.1 Å². The van der Waals surface area contributed by atoms with Crippen LogP contribution >= 0.6 is 0 Å². The molecule has 0 atom stereocenters. The normalized spacial score (nSPS) is 17.2. The number of hydrogen-bond acceptors (Lipinski definition) is 3. The van der Waals surface area contributed by atoms with Crippen molar-refractivity contribution < 1.29 is 4.74 Å². The largest absolute Gasteiger partial charge is 0.714 e. The van der Waals surface area contributed by atoms with E-state index in [1.54, 1.807) is 12.3 Å². The van der Waals surface area contributed by atoms with Crippen LogP contribution in [0.5, 0.6) is 0 Å². The monoisotopic (exact) mass is 265 g/mol. The fourth-order valence-corrected chi connectivity index (χ4v) is 2.32. The molecule has 0 N–H and O–H groups in total. The van der Waals surface area contributed by atoms with Crippen LogP contribution in [0.25, 0.3) is 0 Å². The molecule has 0 amide bonds. The number of pyridine rings is 1. The molecule has 0 bridgehead atoms. The van der Waals surface area contributed by atoms with Crippen molar-refractivity contribution in [3.05, 3.63) is 71.2 Å². The van der Waals surface area contributed by atoms with Gasteiger partial charge in [-0.1, -0.05) is 36.4 Å². The maximum atomic E-state index is 12.5. The number of hydroxylamine groups is 1. The molecule has 0 unspecified atom stereocenters. The summed E-state index contributed by atoms with van der Waals surface area (Å²) in [5, 5.41) is 12.5. The molecule has 1 aliphatic heterocycles. The van der Waals surface area contributed by atoms with E-state index in [0.717, 1.165) is 16.0 Å². The van der Waals surface area contributed by atoms with E-state index in [2.05, 4.69) is 9.98 Å². The number of hydrogen-bond donors (Lipinski definition) is 0. The van der Waals surface area contributed by atoms with Crippen LogP contribution in [0, 0.1) is 5.21 Å². The molecule has 0 saturated heterocycles. The number of aromatic nitrogens is 1. The highest BCUT2D eigenvalue weighted by molar-refractivity contribution is 6.16. The first-order valence-electron chi connectivity index (χ1n) is 6.51. The zero-order valence-corrected chi connectivity index (χ0v) is 11.4. The molecule has 0 spiro atoms. The van der Waals surface area contributed by atoms with Gasteiger partial charge < -0.3 is 5.21 Å². The van der Waals surface area contributed by atoms with Crippen LogP contribution in [-0.2, 0) is 0 Å². The van der Waals surface area contributed by atoms with E-state index >= 15 is 0 Å². The van der Waals surface area contributed by atoms with Crippen LogP contribution in [0.15, 0.2) is 59.7 Å². The Morgan fingerprint density at radius 2 is 1.70 bits per heavy atom. The van der Waals surface area contributed by atoms with E-state index < -0.39 is 5.54 Å². The molecule has 3 rings (SSSR count). The lowest BCUT2D eigenvalue weighted by atomic mass is 9.93. The zero-order valence-electron chi connectivity index (χ0n) is 11.4. The van der Waals surface area contributed by atoms with Gasteiger partial charge in [-0.25, -0.2) is 9.72 Å². The van der Waals surface area contributed by atoms with E-state index in [9.17, 15) is 5.21 Å². The van der Waals surface area contributed by atoms with Crippen LogP contribution in [0.2, 0.25) is 0 Å². The maximum Gasteiger partial charge on any atom is 0.348 e. The van der Waals surface area contributed by atoms with Gasteiger partial charge in [0.25, 0.3) is 0 Å². The van der Waals surface area contributed by atoms with Crippen molar-refractivity contribution in [1.29, 1.82) is 0 Å². The van der Waals surface area contributed by atoms with E-state index in [4.69, 9.17) is 0 Å². The predicted molar refractivity (Wildman–Crippen MR) is 79.0 cm³/mol. The van der Waals surface area contributed by atoms with Crippen LogP contribution < -0.4 is 0 Å². The first kappa shape index (κ1) is 12.5. The molecule has 4 nitrogen and oxygen atoms in total. The predicted octanol–water partition coefficient (Wildman–Crippen LogP) is 2.62. The minimum atomic E-state index is -0.700. The highest BCUT2D eigenvalue weighted by Gasteiger charge is 2.43. The summed E-state index contributed by atoms with van der Waals surface area (Å²) in [6.07, 6.45) is 1.67. The summed E-state index contributed by atoms with van der Waals surface area (Å²) in [5.41, 5.74) is 1.63. The van der Waals surface area contributed by atoms with Gasteiger partial charge in [0.2, 0.25) is 5.71 Å². The van der Waals surface area contributed by atoms with Gasteiger partial charge in [0, 0.05) is 11.8 Å². The molecule has 100 valence electrons. The molecule has 4 heteroatoms. The van der Waals surface area contributed by atoms with Crippen molar-refractivity contribution in [2.45, 2.75) is 19.4 Å². The summed E-state index contributed by atoms with van der Waals surface area (Å²) >= 11 is 0. The SMILES string of the molecule is CC1(C)C(c2ccccc2)=NC(c2ccccn2)=[N+]1[O-]. The standard InChI is InChI=1S/C16H15N3O/c1-16(2)14(12-8-4-3-5-9-12)18-15(19(16)20)13-10-6-7-11-17-13/h3-11H,1-2H3. The first-order valence-corrected chi connectivity index (χ1v) is 6.51. The third kappa shape index (κ3) is 1.90. The number of rotatable bonds is 2. The molecule has 0 fully saturated rings. The Kier molecular flexibility index (Phi) is 2.86. The summed E-state index contributed by atoms with van der Waals surface area (Å²) < 4.78 is 0.942. The maximum absolute atomic E-state index is 12.5. The highest BCUT2D eigenvalue weighted by Crippen LogP contribution is 2.24.